The van der Waals surface area contributed by atoms with E-state index in [1.165, 1.54) is 7.11 Å². The fourth-order valence-corrected chi connectivity index (χ4v) is 2.16. The summed E-state index contributed by atoms with van der Waals surface area (Å²) in [5.41, 5.74) is 0.0503. The molecule has 0 saturated heterocycles. The van der Waals surface area contributed by atoms with E-state index in [-0.39, 0.29) is 11.3 Å². The second-order valence-corrected chi connectivity index (χ2v) is 4.97. The molecule has 0 aliphatic carbocycles. The van der Waals surface area contributed by atoms with Gasteiger partial charge >= 0.3 is 0 Å². The zero-order valence-corrected chi connectivity index (χ0v) is 12.8. The minimum Gasteiger partial charge on any atom is -0.497 e. The number of carbonyl (C=O) groups excluding carboxylic acids is 1. The average molecular weight is 348 g/mol. The fourth-order valence-electron chi connectivity index (χ4n) is 2.16. The number of anilines is 1. The van der Waals surface area contributed by atoms with Crippen molar-refractivity contribution in [2.24, 2.45) is 0 Å². The molecule has 0 bridgehead atoms. The lowest BCUT2D eigenvalue weighted by Gasteiger charge is -2.07. The first-order valence-electron chi connectivity index (χ1n) is 7.05. The van der Waals surface area contributed by atoms with Gasteiger partial charge in [-0.25, -0.2) is 13.2 Å². The van der Waals surface area contributed by atoms with Crippen molar-refractivity contribution in [3.63, 3.8) is 0 Å². The molecule has 1 aromatic heterocycles. The minimum absolute atomic E-state index is 0.00861. The third kappa shape index (κ3) is 3.18. The number of methoxy groups -OCH3 is 1. The van der Waals surface area contributed by atoms with Gasteiger partial charge in [0.15, 0.2) is 23.2 Å². The molecule has 128 valence electrons. The summed E-state index contributed by atoms with van der Waals surface area (Å²) in [5.74, 6) is -4.54. The molecule has 0 aliphatic heterocycles. The maximum absolute atomic E-state index is 13.7. The Morgan fingerprint density at radius 1 is 1.08 bits per heavy atom. The molecule has 1 heterocycles. The van der Waals surface area contributed by atoms with Crippen molar-refractivity contribution in [1.82, 2.24) is 5.16 Å². The van der Waals surface area contributed by atoms with Crippen LogP contribution >= 0.6 is 0 Å². The molecular formula is C17H11F3N2O3. The molecule has 0 radical (unpaired) electrons. The normalized spacial score (nSPS) is 10.6. The number of carbonyl (C=O) groups is 1. The van der Waals surface area contributed by atoms with E-state index in [1.807, 2.05) is 0 Å². The van der Waals surface area contributed by atoms with E-state index in [9.17, 15) is 18.0 Å². The van der Waals surface area contributed by atoms with Crippen LogP contribution in [-0.2, 0) is 0 Å². The molecule has 0 unspecified atom stereocenters. The summed E-state index contributed by atoms with van der Waals surface area (Å²) < 4.78 is 50.0. The first-order chi connectivity index (χ1) is 12.0. The van der Waals surface area contributed by atoms with Crippen molar-refractivity contribution >= 4 is 11.6 Å². The van der Waals surface area contributed by atoms with E-state index in [1.54, 1.807) is 24.3 Å². The van der Waals surface area contributed by atoms with Gasteiger partial charge in [-0.3, -0.25) is 4.79 Å². The molecule has 3 rings (SSSR count). The summed E-state index contributed by atoms with van der Waals surface area (Å²) in [7, 11) is 1.51. The van der Waals surface area contributed by atoms with Crippen LogP contribution in [0.5, 0.6) is 5.75 Å². The zero-order valence-electron chi connectivity index (χ0n) is 12.8. The maximum atomic E-state index is 13.7. The zero-order chi connectivity index (χ0) is 18.0. The van der Waals surface area contributed by atoms with Gasteiger partial charge in [0.1, 0.15) is 11.3 Å². The molecule has 0 saturated carbocycles. The number of ether oxygens (including phenoxy) is 1. The molecule has 1 N–H and O–H groups in total. The van der Waals surface area contributed by atoms with Gasteiger partial charge in [0.2, 0.25) is 0 Å². The van der Waals surface area contributed by atoms with Crippen molar-refractivity contribution in [3.8, 4) is 17.1 Å². The number of amides is 1. The Morgan fingerprint density at radius 2 is 1.80 bits per heavy atom. The third-order valence-corrected chi connectivity index (χ3v) is 3.45. The highest BCUT2D eigenvalue weighted by molar-refractivity contribution is 6.07. The summed E-state index contributed by atoms with van der Waals surface area (Å²) in [6, 6.07) is 8.25. The second-order valence-electron chi connectivity index (χ2n) is 4.97. The topological polar surface area (TPSA) is 64.4 Å². The molecular weight excluding hydrogens is 337 g/mol. The van der Waals surface area contributed by atoms with E-state index < -0.39 is 29.0 Å². The van der Waals surface area contributed by atoms with Gasteiger partial charge in [-0.15, -0.1) is 0 Å². The van der Waals surface area contributed by atoms with Crippen LogP contribution in [-0.4, -0.2) is 18.2 Å². The molecule has 3 aromatic rings. The number of benzene rings is 2. The summed E-state index contributed by atoms with van der Waals surface area (Å²) in [6.07, 6.45) is 1.15. The standard InChI is InChI=1S/C17H11F3N2O3/c1-24-10-4-2-9(3-5-10)16-11(8-21-25-16)17(23)22-13-7-6-12(18)14(19)15(13)20/h2-8H,1H3,(H,22,23). The molecule has 0 fully saturated rings. The number of hydrogen-bond acceptors (Lipinski definition) is 4. The Balaban J connectivity index is 1.89. The monoisotopic (exact) mass is 348 g/mol. The minimum atomic E-state index is -1.67. The van der Waals surface area contributed by atoms with Gasteiger partial charge in [0.25, 0.3) is 5.91 Å². The van der Waals surface area contributed by atoms with Crippen LogP contribution in [0.15, 0.2) is 47.1 Å². The Labute approximate surface area is 140 Å². The van der Waals surface area contributed by atoms with Crippen molar-refractivity contribution < 1.29 is 27.2 Å². The van der Waals surface area contributed by atoms with Gasteiger partial charge in [0, 0.05) is 5.56 Å². The highest BCUT2D eigenvalue weighted by Gasteiger charge is 2.21. The van der Waals surface area contributed by atoms with Crippen LogP contribution in [0, 0.1) is 17.5 Å². The number of rotatable bonds is 4. The average Bonchev–Trinajstić information content (AvgIpc) is 3.12. The molecule has 25 heavy (non-hydrogen) atoms. The van der Waals surface area contributed by atoms with Crippen molar-refractivity contribution in [3.05, 3.63) is 65.6 Å². The van der Waals surface area contributed by atoms with E-state index in [2.05, 4.69) is 10.5 Å². The number of nitrogens with one attached hydrogen (secondary N) is 1. The van der Waals surface area contributed by atoms with E-state index in [0.717, 1.165) is 12.3 Å². The lowest BCUT2D eigenvalue weighted by Crippen LogP contribution is -2.14. The van der Waals surface area contributed by atoms with E-state index >= 15 is 0 Å². The molecule has 0 spiro atoms. The number of nitrogens with zero attached hydrogens (tertiary/aromatic N) is 1. The lowest BCUT2D eigenvalue weighted by atomic mass is 10.1. The summed E-state index contributed by atoms with van der Waals surface area (Å²) in [4.78, 5) is 12.3. The largest absolute Gasteiger partial charge is 0.497 e. The Morgan fingerprint density at radius 3 is 2.48 bits per heavy atom. The van der Waals surface area contributed by atoms with E-state index in [0.29, 0.717) is 17.4 Å². The van der Waals surface area contributed by atoms with Crippen LogP contribution < -0.4 is 10.1 Å². The molecule has 0 aliphatic rings. The first-order valence-corrected chi connectivity index (χ1v) is 7.05. The highest BCUT2D eigenvalue weighted by atomic mass is 19.2. The molecule has 5 nitrogen and oxygen atoms in total. The van der Waals surface area contributed by atoms with Crippen molar-refractivity contribution in [2.45, 2.75) is 0 Å². The van der Waals surface area contributed by atoms with Crippen LogP contribution in [0.25, 0.3) is 11.3 Å². The predicted molar refractivity (Wildman–Crippen MR) is 82.8 cm³/mol. The molecule has 8 heteroatoms. The fraction of sp³-hybridized carbons (Fsp3) is 0.0588. The third-order valence-electron chi connectivity index (χ3n) is 3.45. The number of halogens is 3. The van der Waals surface area contributed by atoms with Gasteiger partial charge in [0.05, 0.1) is 19.0 Å². The van der Waals surface area contributed by atoms with Gasteiger partial charge in [-0.2, -0.15) is 0 Å². The number of aromatic nitrogens is 1. The summed E-state index contributed by atoms with van der Waals surface area (Å²) in [6.45, 7) is 0. The second kappa shape index (κ2) is 6.68. The van der Waals surface area contributed by atoms with Gasteiger partial charge in [-0.1, -0.05) is 5.16 Å². The van der Waals surface area contributed by atoms with Gasteiger partial charge < -0.3 is 14.6 Å². The van der Waals surface area contributed by atoms with Crippen LogP contribution in [0.3, 0.4) is 0 Å². The van der Waals surface area contributed by atoms with Gasteiger partial charge in [-0.05, 0) is 36.4 Å². The Bertz CT molecular complexity index is 923. The Hall–Kier alpha value is -3.29. The van der Waals surface area contributed by atoms with Crippen molar-refractivity contribution in [1.29, 1.82) is 0 Å². The van der Waals surface area contributed by atoms with E-state index in [4.69, 9.17) is 9.26 Å². The molecule has 1 amide bonds. The molecule has 2 aromatic carbocycles. The van der Waals surface area contributed by atoms with Crippen LogP contribution in [0.2, 0.25) is 0 Å². The van der Waals surface area contributed by atoms with Crippen LogP contribution in [0.1, 0.15) is 10.4 Å². The summed E-state index contributed by atoms with van der Waals surface area (Å²) in [5, 5.41) is 5.73. The quantitative estimate of drug-likeness (QED) is 0.724. The maximum Gasteiger partial charge on any atom is 0.261 e. The first kappa shape index (κ1) is 16.6. The lowest BCUT2D eigenvalue weighted by molar-refractivity contribution is 0.102. The summed E-state index contributed by atoms with van der Waals surface area (Å²) >= 11 is 0. The molecule has 0 atom stereocenters. The van der Waals surface area contributed by atoms with Crippen molar-refractivity contribution in [2.75, 3.05) is 12.4 Å². The SMILES string of the molecule is COc1ccc(-c2oncc2C(=O)Nc2ccc(F)c(F)c2F)cc1. The Kier molecular flexibility index (Phi) is 4.42. The predicted octanol–water partition coefficient (Wildman–Crippen LogP) is 4.02. The number of hydrogen-bond donors (Lipinski definition) is 1. The van der Waals surface area contributed by atoms with Crippen LogP contribution in [0.4, 0.5) is 18.9 Å². The highest BCUT2D eigenvalue weighted by Crippen LogP contribution is 2.27. The smallest absolute Gasteiger partial charge is 0.261 e.